The van der Waals surface area contributed by atoms with Crippen LogP contribution in [0.1, 0.15) is 43.4 Å². The topological polar surface area (TPSA) is 43.4 Å². The molecule has 0 spiro atoms. The van der Waals surface area contributed by atoms with Gasteiger partial charge in [-0.25, -0.2) is 0 Å². The molecule has 0 bridgehead atoms. The van der Waals surface area contributed by atoms with Crippen molar-refractivity contribution in [1.82, 2.24) is 0 Å². The fourth-order valence-electron chi connectivity index (χ4n) is 3.37. The highest BCUT2D eigenvalue weighted by molar-refractivity contribution is 5.97. The van der Waals surface area contributed by atoms with Gasteiger partial charge >= 0.3 is 5.97 Å². The Morgan fingerprint density at radius 3 is 1.90 bits per heavy atom. The van der Waals surface area contributed by atoms with E-state index >= 15 is 0 Å². The monoisotopic (exact) mass is 412 g/mol. The first-order valence-electron chi connectivity index (χ1n) is 10.7. The highest BCUT2D eigenvalue weighted by atomic mass is 16.5. The summed E-state index contributed by atoms with van der Waals surface area (Å²) in [5.74, 6) is -1.22. The fourth-order valence-corrected chi connectivity index (χ4v) is 3.37. The second-order valence-corrected chi connectivity index (χ2v) is 7.62. The molecule has 158 valence electrons. The van der Waals surface area contributed by atoms with Crippen LogP contribution in [-0.2, 0) is 20.9 Å². The average molecular weight is 413 g/mol. The van der Waals surface area contributed by atoms with Crippen molar-refractivity contribution in [2.45, 2.75) is 33.3 Å². The highest BCUT2D eigenvalue weighted by Gasteiger charge is 2.23. The van der Waals surface area contributed by atoms with Gasteiger partial charge in [-0.2, -0.15) is 0 Å². The summed E-state index contributed by atoms with van der Waals surface area (Å²) < 4.78 is 5.34. The summed E-state index contributed by atoms with van der Waals surface area (Å²) in [5, 5.41) is 0. The van der Waals surface area contributed by atoms with Gasteiger partial charge in [0.2, 0.25) is 0 Å². The van der Waals surface area contributed by atoms with E-state index < -0.39 is 11.9 Å². The summed E-state index contributed by atoms with van der Waals surface area (Å²) >= 11 is 0. The van der Waals surface area contributed by atoms with Gasteiger partial charge in [-0.05, 0) is 41.2 Å². The van der Waals surface area contributed by atoms with E-state index in [1.54, 1.807) is 0 Å². The van der Waals surface area contributed by atoms with Gasteiger partial charge in [0.05, 0.1) is 0 Å². The maximum atomic E-state index is 12.1. The maximum Gasteiger partial charge on any atom is 0.316 e. The number of ketones is 1. The van der Waals surface area contributed by atoms with E-state index in [1.165, 1.54) is 18.1 Å². The Bertz CT molecular complexity index is 1020. The normalized spacial score (nSPS) is 11.9. The van der Waals surface area contributed by atoms with Crippen LogP contribution >= 0.6 is 0 Å². The van der Waals surface area contributed by atoms with E-state index in [0.29, 0.717) is 6.42 Å². The van der Waals surface area contributed by atoms with Crippen LogP contribution in [0.25, 0.3) is 23.3 Å². The molecule has 0 aliphatic heterocycles. The molecule has 0 heterocycles. The Balaban J connectivity index is 1.56. The molecule has 1 unspecified atom stereocenters. The molecule has 1 atom stereocenters. The van der Waals surface area contributed by atoms with Crippen molar-refractivity contribution in [3.8, 4) is 11.1 Å². The second-order valence-electron chi connectivity index (χ2n) is 7.62. The number of carbonyl (C=O) groups excluding carboxylic acids is 2. The SMILES string of the molecule is CCCC(C(C)=O)C(=O)OCc1ccc(/C=C/c2ccc(-c3ccccc3)cc2)cc1. The largest absolute Gasteiger partial charge is 0.460 e. The Morgan fingerprint density at radius 2 is 1.35 bits per heavy atom. The quantitative estimate of drug-likeness (QED) is 0.227. The number of Topliss-reactive ketones (excluding diaryl/α,β-unsaturated/α-hetero) is 1. The molecule has 3 rings (SSSR count). The summed E-state index contributed by atoms with van der Waals surface area (Å²) in [6, 6.07) is 26.6. The van der Waals surface area contributed by atoms with Crippen molar-refractivity contribution in [2.24, 2.45) is 5.92 Å². The van der Waals surface area contributed by atoms with Gasteiger partial charge in [-0.15, -0.1) is 0 Å². The van der Waals surface area contributed by atoms with Crippen LogP contribution in [0.2, 0.25) is 0 Å². The van der Waals surface area contributed by atoms with Crippen LogP contribution in [0.4, 0.5) is 0 Å². The molecule has 3 aromatic carbocycles. The van der Waals surface area contributed by atoms with Crippen molar-refractivity contribution >= 4 is 23.9 Å². The van der Waals surface area contributed by atoms with E-state index in [-0.39, 0.29) is 12.4 Å². The number of ether oxygens (including phenoxy) is 1. The predicted molar refractivity (Wildman–Crippen MR) is 126 cm³/mol. The molecule has 0 radical (unpaired) electrons. The van der Waals surface area contributed by atoms with Gasteiger partial charge in [0.25, 0.3) is 0 Å². The van der Waals surface area contributed by atoms with Crippen LogP contribution in [0.15, 0.2) is 78.9 Å². The third kappa shape index (κ3) is 6.51. The van der Waals surface area contributed by atoms with E-state index in [4.69, 9.17) is 4.74 Å². The summed E-state index contributed by atoms with van der Waals surface area (Å²) in [7, 11) is 0. The molecule has 3 aromatic rings. The van der Waals surface area contributed by atoms with Crippen molar-refractivity contribution in [1.29, 1.82) is 0 Å². The zero-order chi connectivity index (χ0) is 22.1. The second kappa shape index (κ2) is 11.1. The zero-order valence-electron chi connectivity index (χ0n) is 18.1. The van der Waals surface area contributed by atoms with E-state index in [9.17, 15) is 9.59 Å². The summed E-state index contributed by atoms with van der Waals surface area (Å²) in [5.41, 5.74) is 5.50. The van der Waals surface area contributed by atoms with Crippen molar-refractivity contribution in [3.63, 3.8) is 0 Å². The molecule has 0 aliphatic carbocycles. The molecule has 0 saturated carbocycles. The summed E-state index contributed by atoms with van der Waals surface area (Å²) in [4.78, 5) is 23.7. The lowest BCUT2D eigenvalue weighted by Gasteiger charge is -2.12. The van der Waals surface area contributed by atoms with Gasteiger partial charge in [-0.3, -0.25) is 9.59 Å². The van der Waals surface area contributed by atoms with E-state index in [1.807, 2.05) is 49.4 Å². The first-order valence-corrected chi connectivity index (χ1v) is 10.7. The number of esters is 1. The molecule has 31 heavy (non-hydrogen) atoms. The minimum absolute atomic E-state index is 0.135. The van der Waals surface area contributed by atoms with Crippen LogP contribution in [-0.4, -0.2) is 11.8 Å². The lowest BCUT2D eigenvalue weighted by Crippen LogP contribution is -2.24. The fraction of sp³-hybridized carbons (Fsp3) is 0.214. The van der Waals surface area contributed by atoms with Crippen LogP contribution in [0.3, 0.4) is 0 Å². The zero-order valence-corrected chi connectivity index (χ0v) is 18.1. The van der Waals surface area contributed by atoms with Crippen LogP contribution < -0.4 is 0 Å². The van der Waals surface area contributed by atoms with Crippen LogP contribution in [0, 0.1) is 5.92 Å². The minimum atomic E-state index is -0.652. The Morgan fingerprint density at radius 1 is 0.806 bits per heavy atom. The number of hydrogen-bond donors (Lipinski definition) is 0. The molecule has 3 nitrogen and oxygen atoms in total. The van der Waals surface area contributed by atoms with Gasteiger partial charge in [0.1, 0.15) is 18.3 Å². The third-order valence-corrected chi connectivity index (χ3v) is 5.20. The summed E-state index contributed by atoms with van der Waals surface area (Å²) in [6.07, 6.45) is 5.44. The molecule has 0 fully saturated rings. The van der Waals surface area contributed by atoms with Gasteiger partial charge in [0, 0.05) is 0 Å². The number of rotatable bonds is 9. The molecule has 0 aromatic heterocycles. The van der Waals surface area contributed by atoms with E-state index in [0.717, 1.165) is 23.1 Å². The first kappa shape index (κ1) is 22.2. The Kier molecular flexibility index (Phi) is 7.94. The lowest BCUT2D eigenvalue weighted by molar-refractivity contribution is -0.153. The third-order valence-electron chi connectivity index (χ3n) is 5.20. The van der Waals surface area contributed by atoms with Crippen molar-refractivity contribution in [2.75, 3.05) is 0 Å². The first-order chi connectivity index (χ1) is 15.1. The number of benzene rings is 3. The van der Waals surface area contributed by atoms with Crippen molar-refractivity contribution < 1.29 is 14.3 Å². The maximum absolute atomic E-state index is 12.1. The van der Waals surface area contributed by atoms with E-state index in [2.05, 4.69) is 48.6 Å². The van der Waals surface area contributed by atoms with Crippen LogP contribution in [0.5, 0.6) is 0 Å². The average Bonchev–Trinajstić information content (AvgIpc) is 2.81. The molecular formula is C28H28O3. The Labute approximate surface area is 184 Å². The van der Waals surface area contributed by atoms with Crippen molar-refractivity contribution in [3.05, 3.63) is 95.6 Å². The molecule has 3 heteroatoms. The predicted octanol–water partition coefficient (Wildman–Crippen LogP) is 6.57. The molecule has 0 saturated heterocycles. The summed E-state index contributed by atoms with van der Waals surface area (Å²) in [6.45, 7) is 3.57. The van der Waals surface area contributed by atoms with Gasteiger partial charge in [0.15, 0.2) is 0 Å². The Hall–Kier alpha value is -3.46. The van der Waals surface area contributed by atoms with Gasteiger partial charge in [-0.1, -0.05) is 104 Å². The molecule has 0 N–H and O–H groups in total. The standard InChI is InChI=1S/C28H28O3/c1-3-7-27(21(2)29)28(30)31-20-24-14-12-22(13-15-24)10-11-23-16-18-26(19-17-23)25-8-5-4-6-9-25/h4-6,8-19,27H,3,7,20H2,1-2H3/b11-10+. The highest BCUT2D eigenvalue weighted by Crippen LogP contribution is 2.20. The number of carbonyl (C=O) groups is 2. The lowest BCUT2D eigenvalue weighted by atomic mass is 10.00. The van der Waals surface area contributed by atoms with Gasteiger partial charge < -0.3 is 4.74 Å². The smallest absolute Gasteiger partial charge is 0.316 e. The minimum Gasteiger partial charge on any atom is -0.460 e. The molecule has 0 aliphatic rings. The molecular weight excluding hydrogens is 384 g/mol. The number of hydrogen-bond acceptors (Lipinski definition) is 3. The molecule has 0 amide bonds.